The number of aryl methyl sites for hydroxylation is 2. The van der Waals surface area contributed by atoms with Crippen LogP contribution in [0.15, 0.2) is 53.1 Å². The molecule has 2 aromatic carbocycles. The average molecular weight is 250 g/mol. The number of benzene rings is 2. The molecule has 0 aliphatic carbocycles. The summed E-state index contributed by atoms with van der Waals surface area (Å²) in [5.41, 5.74) is 4.30. The van der Waals surface area contributed by atoms with Crippen LogP contribution in [-0.4, -0.2) is 10.1 Å². The highest BCUT2D eigenvalue weighted by molar-refractivity contribution is 5.60. The van der Waals surface area contributed by atoms with E-state index in [4.69, 9.17) is 4.52 Å². The molecule has 3 heteroatoms. The van der Waals surface area contributed by atoms with Crippen LogP contribution in [0, 0.1) is 13.8 Å². The highest BCUT2D eigenvalue weighted by Gasteiger charge is 2.10. The fraction of sp³-hybridized carbons (Fsp3) is 0.125. The van der Waals surface area contributed by atoms with Crippen LogP contribution in [0.2, 0.25) is 0 Å². The normalized spacial score (nSPS) is 10.6. The summed E-state index contributed by atoms with van der Waals surface area (Å²) in [6.07, 6.45) is 0. The van der Waals surface area contributed by atoms with Crippen LogP contribution in [0.5, 0.6) is 0 Å². The van der Waals surface area contributed by atoms with Crippen LogP contribution in [0.4, 0.5) is 0 Å². The van der Waals surface area contributed by atoms with E-state index in [0.717, 1.165) is 11.1 Å². The van der Waals surface area contributed by atoms with Crippen LogP contribution in [-0.2, 0) is 0 Å². The number of hydrogen-bond acceptors (Lipinski definition) is 3. The maximum Gasteiger partial charge on any atom is 0.258 e. The standard InChI is InChI=1S/C16H14N2O/c1-11-6-8-13(9-7-11)15-17-16(19-18-15)14-5-3-4-12(2)10-14/h3-10H,1-2H3. The van der Waals surface area contributed by atoms with Crippen molar-refractivity contribution in [3.8, 4) is 22.8 Å². The number of nitrogens with zero attached hydrogens (tertiary/aromatic N) is 2. The molecule has 3 rings (SSSR count). The van der Waals surface area contributed by atoms with Gasteiger partial charge in [-0.25, -0.2) is 0 Å². The first-order chi connectivity index (χ1) is 9.22. The molecule has 0 unspecified atom stereocenters. The van der Waals surface area contributed by atoms with E-state index < -0.39 is 0 Å². The Labute approximate surface area is 111 Å². The minimum Gasteiger partial charge on any atom is -0.334 e. The van der Waals surface area contributed by atoms with Crippen molar-refractivity contribution in [3.63, 3.8) is 0 Å². The molecule has 19 heavy (non-hydrogen) atoms. The lowest BCUT2D eigenvalue weighted by atomic mass is 10.1. The minimum absolute atomic E-state index is 0.555. The Bertz CT molecular complexity index is 699. The predicted molar refractivity (Wildman–Crippen MR) is 74.6 cm³/mol. The van der Waals surface area contributed by atoms with Gasteiger partial charge in [-0.15, -0.1) is 0 Å². The van der Waals surface area contributed by atoms with E-state index in [0.29, 0.717) is 11.7 Å². The zero-order valence-electron chi connectivity index (χ0n) is 10.9. The molecule has 0 aliphatic heterocycles. The Morgan fingerprint density at radius 1 is 0.842 bits per heavy atom. The third-order valence-electron chi connectivity index (χ3n) is 3.00. The van der Waals surface area contributed by atoms with E-state index in [2.05, 4.69) is 17.1 Å². The van der Waals surface area contributed by atoms with Gasteiger partial charge in [-0.3, -0.25) is 0 Å². The fourth-order valence-electron chi connectivity index (χ4n) is 1.94. The Kier molecular flexibility index (Phi) is 2.88. The third kappa shape index (κ3) is 2.40. The average Bonchev–Trinajstić information content (AvgIpc) is 2.89. The van der Waals surface area contributed by atoms with Gasteiger partial charge in [-0.05, 0) is 26.0 Å². The monoisotopic (exact) mass is 250 g/mol. The molecule has 0 radical (unpaired) electrons. The Morgan fingerprint density at radius 2 is 1.63 bits per heavy atom. The zero-order chi connectivity index (χ0) is 13.2. The number of rotatable bonds is 2. The SMILES string of the molecule is Cc1ccc(-c2noc(-c3cccc(C)c3)n2)cc1. The first-order valence-electron chi connectivity index (χ1n) is 6.20. The summed E-state index contributed by atoms with van der Waals surface area (Å²) >= 11 is 0. The van der Waals surface area contributed by atoms with E-state index in [1.54, 1.807) is 0 Å². The lowest BCUT2D eigenvalue weighted by molar-refractivity contribution is 0.432. The van der Waals surface area contributed by atoms with Gasteiger partial charge in [0, 0.05) is 11.1 Å². The van der Waals surface area contributed by atoms with Gasteiger partial charge >= 0.3 is 0 Å². The van der Waals surface area contributed by atoms with Gasteiger partial charge in [0.1, 0.15) is 0 Å². The van der Waals surface area contributed by atoms with Gasteiger partial charge in [-0.1, -0.05) is 52.7 Å². The molecule has 0 saturated heterocycles. The van der Waals surface area contributed by atoms with Crippen molar-refractivity contribution >= 4 is 0 Å². The van der Waals surface area contributed by atoms with Gasteiger partial charge in [-0.2, -0.15) is 4.98 Å². The van der Waals surface area contributed by atoms with Crippen molar-refractivity contribution in [2.24, 2.45) is 0 Å². The molecule has 0 fully saturated rings. The molecule has 0 N–H and O–H groups in total. The maximum atomic E-state index is 5.33. The van der Waals surface area contributed by atoms with Crippen LogP contribution >= 0.6 is 0 Å². The van der Waals surface area contributed by atoms with Crippen LogP contribution in [0.25, 0.3) is 22.8 Å². The largest absolute Gasteiger partial charge is 0.334 e. The van der Waals surface area contributed by atoms with Gasteiger partial charge in [0.05, 0.1) is 0 Å². The molecule has 0 amide bonds. The van der Waals surface area contributed by atoms with Gasteiger partial charge in [0.15, 0.2) is 0 Å². The second-order valence-electron chi connectivity index (χ2n) is 4.66. The molecule has 0 spiro atoms. The Balaban J connectivity index is 1.97. The lowest BCUT2D eigenvalue weighted by Crippen LogP contribution is -1.82. The van der Waals surface area contributed by atoms with Crippen LogP contribution in [0.3, 0.4) is 0 Å². The Hall–Kier alpha value is -2.42. The van der Waals surface area contributed by atoms with E-state index >= 15 is 0 Å². The summed E-state index contributed by atoms with van der Waals surface area (Å²) in [6, 6.07) is 16.1. The molecular formula is C16H14N2O. The van der Waals surface area contributed by atoms with Crippen molar-refractivity contribution < 1.29 is 4.52 Å². The lowest BCUT2D eigenvalue weighted by Gasteiger charge is -1.96. The first-order valence-corrected chi connectivity index (χ1v) is 6.20. The summed E-state index contributed by atoms with van der Waals surface area (Å²) in [6.45, 7) is 4.10. The molecular weight excluding hydrogens is 236 g/mol. The smallest absolute Gasteiger partial charge is 0.258 e. The van der Waals surface area contributed by atoms with Crippen molar-refractivity contribution in [1.82, 2.24) is 10.1 Å². The quantitative estimate of drug-likeness (QED) is 0.689. The van der Waals surface area contributed by atoms with E-state index in [1.165, 1.54) is 11.1 Å². The molecule has 0 saturated carbocycles. The summed E-state index contributed by atoms with van der Waals surface area (Å²) in [4.78, 5) is 4.44. The van der Waals surface area contributed by atoms with Gasteiger partial charge < -0.3 is 4.52 Å². The highest BCUT2D eigenvalue weighted by atomic mass is 16.5. The number of aromatic nitrogens is 2. The van der Waals surface area contributed by atoms with Gasteiger partial charge in [0.2, 0.25) is 5.82 Å². The first kappa shape index (κ1) is 11.7. The molecule has 94 valence electrons. The molecule has 0 atom stereocenters. The maximum absolute atomic E-state index is 5.33. The molecule has 3 nitrogen and oxygen atoms in total. The summed E-state index contributed by atoms with van der Waals surface area (Å²) in [5.74, 6) is 1.18. The highest BCUT2D eigenvalue weighted by Crippen LogP contribution is 2.22. The molecule has 1 heterocycles. The van der Waals surface area contributed by atoms with Crippen molar-refractivity contribution in [2.75, 3.05) is 0 Å². The minimum atomic E-state index is 0.555. The van der Waals surface area contributed by atoms with Crippen LogP contribution in [0.1, 0.15) is 11.1 Å². The zero-order valence-corrected chi connectivity index (χ0v) is 10.9. The van der Waals surface area contributed by atoms with Crippen molar-refractivity contribution in [1.29, 1.82) is 0 Å². The predicted octanol–water partition coefficient (Wildman–Crippen LogP) is 4.02. The molecule has 0 bridgehead atoms. The second-order valence-corrected chi connectivity index (χ2v) is 4.66. The fourth-order valence-corrected chi connectivity index (χ4v) is 1.94. The van der Waals surface area contributed by atoms with Gasteiger partial charge in [0.25, 0.3) is 5.89 Å². The molecule has 1 aromatic heterocycles. The molecule has 0 aliphatic rings. The van der Waals surface area contributed by atoms with E-state index in [9.17, 15) is 0 Å². The Morgan fingerprint density at radius 3 is 2.37 bits per heavy atom. The number of hydrogen-bond donors (Lipinski definition) is 0. The third-order valence-corrected chi connectivity index (χ3v) is 3.00. The summed E-state index contributed by atoms with van der Waals surface area (Å²) in [5, 5.41) is 4.04. The topological polar surface area (TPSA) is 38.9 Å². The second kappa shape index (κ2) is 4.69. The van der Waals surface area contributed by atoms with Crippen molar-refractivity contribution in [3.05, 3.63) is 59.7 Å². The summed E-state index contributed by atoms with van der Waals surface area (Å²) in [7, 11) is 0. The molecule has 3 aromatic rings. The van der Waals surface area contributed by atoms with E-state index in [1.807, 2.05) is 55.5 Å². The summed E-state index contributed by atoms with van der Waals surface area (Å²) < 4.78 is 5.33. The van der Waals surface area contributed by atoms with Crippen LogP contribution < -0.4 is 0 Å². The van der Waals surface area contributed by atoms with Crippen molar-refractivity contribution in [2.45, 2.75) is 13.8 Å². The van der Waals surface area contributed by atoms with E-state index in [-0.39, 0.29) is 0 Å².